The molecule has 2 aromatic rings. The topological polar surface area (TPSA) is 105 Å². The molecule has 1 unspecified atom stereocenters. The fourth-order valence-electron chi connectivity index (χ4n) is 5.59. The number of carboxylic acid groups (broad SMARTS) is 1. The zero-order chi connectivity index (χ0) is 24.4. The first kappa shape index (κ1) is 23.4. The summed E-state index contributed by atoms with van der Waals surface area (Å²) in [4.78, 5) is 36.7. The second kappa shape index (κ2) is 9.72. The predicted octanol–water partition coefficient (Wildman–Crippen LogP) is 4.31. The van der Waals surface area contributed by atoms with Gasteiger partial charge in [0.1, 0.15) is 6.61 Å². The highest BCUT2D eigenvalue weighted by molar-refractivity contribution is 5.84. The summed E-state index contributed by atoms with van der Waals surface area (Å²) in [7, 11) is 0. The molecule has 2 amide bonds. The molecule has 2 aromatic carbocycles. The van der Waals surface area contributed by atoms with Gasteiger partial charge in [-0.25, -0.2) is 4.79 Å². The Balaban J connectivity index is 1.14. The highest BCUT2D eigenvalue weighted by Gasteiger charge is 2.45. The number of carbonyl (C=O) groups excluding carboxylic acids is 2. The van der Waals surface area contributed by atoms with Crippen molar-refractivity contribution in [2.24, 2.45) is 17.3 Å². The van der Waals surface area contributed by atoms with Crippen LogP contribution in [0.4, 0.5) is 4.79 Å². The molecule has 2 fully saturated rings. The molecule has 2 saturated carbocycles. The number of rotatable bonds is 10. The van der Waals surface area contributed by atoms with Gasteiger partial charge in [0.2, 0.25) is 5.91 Å². The van der Waals surface area contributed by atoms with Crippen molar-refractivity contribution in [3.05, 3.63) is 59.7 Å². The van der Waals surface area contributed by atoms with E-state index in [1.165, 1.54) is 11.1 Å². The zero-order valence-electron chi connectivity index (χ0n) is 19.8. The molecular weight excluding hydrogens is 444 g/mol. The summed E-state index contributed by atoms with van der Waals surface area (Å²) in [6, 6.07) is 16.4. The highest BCUT2D eigenvalue weighted by Crippen LogP contribution is 2.45. The van der Waals surface area contributed by atoms with Crippen LogP contribution in [0.25, 0.3) is 11.1 Å². The van der Waals surface area contributed by atoms with E-state index in [4.69, 9.17) is 9.84 Å². The van der Waals surface area contributed by atoms with E-state index in [9.17, 15) is 14.4 Å². The number of carboxylic acids is 1. The Labute approximate surface area is 205 Å². The van der Waals surface area contributed by atoms with Crippen molar-refractivity contribution < 1.29 is 24.2 Å². The van der Waals surface area contributed by atoms with Gasteiger partial charge in [-0.3, -0.25) is 9.59 Å². The molecule has 0 radical (unpaired) electrons. The van der Waals surface area contributed by atoms with Crippen molar-refractivity contribution >= 4 is 18.0 Å². The van der Waals surface area contributed by atoms with Crippen molar-refractivity contribution in [2.45, 2.75) is 44.4 Å². The van der Waals surface area contributed by atoms with Crippen molar-refractivity contribution in [2.75, 3.05) is 19.7 Å². The zero-order valence-corrected chi connectivity index (χ0v) is 19.8. The first-order chi connectivity index (χ1) is 17.0. The van der Waals surface area contributed by atoms with Crippen LogP contribution in [-0.2, 0) is 14.3 Å². The molecule has 5 rings (SSSR count). The molecule has 0 spiro atoms. The van der Waals surface area contributed by atoms with Gasteiger partial charge < -0.3 is 20.5 Å². The van der Waals surface area contributed by atoms with Gasteiger partial charge in [-0.05, 0) is 59.8 Å². The third-order valence-corrected chi connectivity index (χ3v) is 7.96. The Hall–Kier alpha value is -3.35. The molecule has 0 saturated heterocycles. The fourth-order valence-corrected chi connectivity index (χ4v) is 5.59. The van der Waals surface area contributed by atoms with Gasteiger partial charge in [-0.15, -0.1) is 0 Å². The van der Waals surface area contributed by atoms with E-state index in [0.29, 0.717) is 25.3 Å². The molecule has 35 heavy (non-hydrogen) atoms. The summed E-state index contributed by atoms with van der Waals surface area (Å²) in [5, 5.41) is 14.9. The standard InChI is InChI=1S/C28H32N2O5/c31-25(32)14-19(18-10-11-18)15-29-26(33)28(12-5-13-28)17-30-27(34)35-16-24-22-8-3-1-6-20(22)21-7-2-4-9-23(21)24/h1-4,6-9,18-19,24H,5,10-17H2,(H,29,33)(H,30,34)(H,31,32). The van der Waals surface area contributed by atoms with E-state index in [1.54, 1.807) is 0 Å². The molecule has 3 aliphatic carbocycles. The molecule has 0 aromatic heterocycles. The molecule has 0 aliphatic heterocycles. The van der Waals surface area contributed by atoms with Gasteiger partial charge in [0.25, 0.3) is 0 Å². The second-order valence-corrected chi connectivity index (χ2v) is 10.2. The number of ether oxygens (including phenoxy) is 1. The maximum atomic E-state index is 13.0. The third kappa shape index (κ3) is 4.90. The van der Waals surface area contributed by atoms with Crippen LogP contribution in [0.5, 0.6) is 0 Å². The van der Waals surface area contributed by atoms with E-state index in [-0.39, 0.29) is 37.3 Å². The van der Waals surface area contributed by atoms with Gasteiger partial charge in [-0.2, -0.15) is 0 Å². The molecule has 1 atom stereocenters. The second-order valence-electron chi connectivity index (χ2n) is 10.2. The Bertz CT molecular complexity index is 1080. The molecule has 184 valence electrons. The summed E-state index contributed by atoms with van der Waals surface area (Å²) in [5.74, 6) is -0.570. The number of nitrogens with one attached hydrogen (secondary N) is 2. The minimum absolute atomic E-state index is 0.0114. The summed E-state index contributed by atoms with van der Waals surface area (Å²) >= 11 is 0. The fraction of sp³-hybridized carbons (Fsp3) is 0.464. The summed E-state index contributed by atoms with van der Waals surface area (Å²) < 4.78 is 5.62. The first-order valence-corrected chi connectivity index (χ1v) is 12.6. The van der Waals surface area contributed by atoms with Gasteiger partial charge in [0.05, 0.1) is 11.8 Å². The Morgan fingerprint density at radius 3 is 2.14 bits per heavy atom. The minimum Gasteiger partial charge on any atom is -0.481 e. The normalized spacial score (nSPS) is 18.5. The van der Waals surface area contributed by atoms with E-state index in [2.05, 4.69) is 34.9 Å². The van der Waals surface area contributed by atoms with Gasteiger partial charge >= 0.3 is 12.1 Å². The average Bonchev–Trinajstić information content (AvgIpc) is 3.62. The van der Waals surface area contributed by atoms with Crippen molar-refractivity contribution in [3.63, 3.8) is 0 Å². The summed E-state index contributed by atoms with van der Waals surface area (Å²) in [5.41, 5.74) is 4.03. The lowest BCUT2D eigenvalue weighted by atomic mass is 9.68. The summed E-state index contributed by atoms with van der Waals surface area (Å²) in [6.45, 7) is 0.836. The number of aliphatic carboxylic acids is 1. The SMILES string of the molecule is O=C(O)CC(CNC(=O)C1(CNC(=O)OCC2c3ccccc3-c3ccccc32)CCC1)C1CC1. The number of hydrogen-bond donors (Lipinski definition) is 3. The van der Waals surface area contributed by atoms with Crippen LogP contribution >= 0.6 is 0 Å². The minimum atomic E-state index is -0.827. The van der Waals surface area contributed by atoms with Crippen LogP contribution < -0.4 is 10.6 Å². The van der Waals surface area contributed by atoms with Crippen LogP contribution in [0.3, 0.4) is 0 Å². The number of benzene rings is 2. The summed E-state index contributed by atoms with van der Waals surface area (Å²) in [6.07, 6.45) is 3.96. The van der Waals surface area contributed by atoms with E-state index < -0.39 is 17.5 Å². The Morgan fingerprint density at radius 1 is 0.971 bits per heavy atom. The quantitative estimate of drug-likeness (QED) is 0.474. The van der Waals surface area contributed by atoms with E-state index >= 15 is 0 Å². The average molecular weight is 477 g/mol. The highest BCUT2D eigenvalue weighted by atomic mass is 16.5. The number of amides is 2. The van der Waals surface area contributed by atoms with Crippen molar-refractivity contribution in [3.8, 4) is 11.1 Å². The lowest BCUT2D eigenvalue weighted by Gasteiger charge is -2.40. The molecule has 3 aliphatic rings. The Morgan fingerprint density at radius 2 is 1.60 bits per heavy atom. The number of carbonyl (C=O) groups is 3. The monoisotopic (exact) mass is 476 g/mol. The Kier molecular flexibility index (Phi) is 6.50. The van der Waals surface area contributed by atoms with Crippen LogP contribution in [-0.4, -0.2) is 42.8 Å². The van der Waals surface area contributed by atoms with E-state index in [0.717, 1.165) is 30.4 Å². The molecule has 7 heteroatoms. The van der Waals surface area contributed by atoms with Gasteiger partial charge in [0.15, 0.2) is 0 Å². The van der Waals surface area contributed by atoms with Crippen LogP contribution in [0.15, 0.2) is 48.5 Å². The number of hydrogen-bond acceptors (Lipinski definition) is 4. The third-order valence-electron chi connectivity index (χ3n) is 7.96. The van der Waals surface area contributed by atoms with Crippen molar-refractivity contribution in [1.29, 1.82) is 0 Å². The smallest absolute Gasteiger partial charge is 0.407 e. The van der Waals surface area contributed by atoms with Crippen molar-refractivity contribution in [1.82, 2.24) is 10.6 Å². The molecule has 7 nitrogen and oxygen atoms in total. The maximum absolute atomic E-state index is 13.0. The first-order valence-electron chi connectivity index (χ1n) is 12.6. The van der Waals surface area contributed by atoms with Crippen LogP contribution in [0, 0.1) is 17.3 Å². The lowest BCUT2D eigenvalue weighted by Crippen LogP contribution is -2.53. The molecule has 0 bridgehead atoms. The largest absolute Gasteiger partial charge is 0.481 e. The molecule has 3 N–H and O–H groups in total. The maximum Gasteiger partial charge on any atom is 0.407 e. The van der Waals surface area contributed by atoms with Gasteiger partial charge in [0, 0.05) is 19.0 Å². The van der Waals surface area contributed by atoms with Crippen LogP contribution in [0.1, 0.15) is 55.6 Å². The number of fused-ring (bicyclic) bond motifs is 3. The van der Waals surface area contributed by atoms with E-state index in [1.807, 2.05) is 24.3 Å². The van der Waals surface area contributed by atoms with Gasteiger partial charge in [-0.1, -0.05) is 55.0 Å². The van der Waals surface area contributed by atoms with Crippen LogP contribution in [0.2, 0.25) is 0 Å². The number of alkyl carbamates (subject to hydrolysis) is 1. The molecular formula is C28H32N2O5. The predicted molar refractivity (Wildman–Crippen MR) is 131 cm³/mol. The lowest BCUT2D eigenvalue weighted by molar-refractivity contribution is -0.139. The molecule has 0 heterocycles.